The van der Waals surface area contributed by atoms with E-state index in [-0.39, 0.29) is 31.1 Å². The highest BCUT2D eigenvalue weighted by Crippen LogP contribution is 2.14. The number of rotatable bonds is 49. The smallest absolute Gasteiger partial charge is 0.306 e. The summed E-state index contributed by atoms with van der Waals surface area (Å²) in [6, 6.07) is 0. The number of hydrogen-bond donors (Lipinski definition) is 0. The standard InChI is InChI=1S/C61H102O6/c1-4-7-10-13-16-19-22-25-28-30-33-36-39-42-45-48-51-54-60(63)66-57-58(56-65-59(62)53-50-47-44-41-38-35-32-27-24-21-18-15-12-9-6-3)67-61(64)55-52-49-46-43-40-37-34-31-29-26-23-20-17-14-11-8-5-2/h7,10,16-21,25-29,32-33,36,58H,4-6,8-9,11-15,22-24,30-31,34-35,37-57H2,1-3H3/b10-7-,19-16-,20-17-,21-18-,28-25-,29-26-,32-27-,36-33-. The average molecular weight is 931 g/mol. The van der Waals surface area contributed by atoms with E-state index >= 15 is 0 Å². The minimum atomic E-state index is -0.799. The van der Waals surface area contributed by atoms with E-state index in [1.807, 2.05) is 0 Å². The van der Waals surface area contributed by atoms with E-state index < -0.39 is 6.10 Å². The summed E-state index contributed by atoms with van der Waals surface area (Å²) in [6.45, 7) is 6.44. The van der Waals surface area contributed by atoms with Crippen LogP contribution in [0.15, 0.2) is 97.2 Å². The van der Waals surface area contributed by atoms with Crippen LogP contribution in [-0.4, -0.2) is 37.2 Å². The van der Waals surface area contributed by atoms with Gasteiger partial charge in [0.1, 0.15) is 13.2 Å². The van der Waals surface area contributed by atoms with Crippen molar-refractivity contribution in [1.29, 1.82) is 0 Å². The summed E-state index contributed by atoms with van der Waals surface area (Å²) in [4.78, 5) is 38.1. The Bertz CT molecular complexity index is 1350. The van der Waals surface area contributed by atoms with Crippen LogP contribution in [0.2, 0.25) is 0 Å². The highest BCUT2D eigenvalue weighted by molar-refractivity contribution is 5.71. The number of ether oxygens (including phenoxy) is 3. The third-order valence-corrected chi connectivity index (χ3v) is 11.5. The van der Waals surface area contributed by atoms with E-state index in [1.54, 1.807) is 0 Å². The zero-order valence-electron chi connectivity index (χ0n) is 43.6. The van der Waals surface area contributed by atoms with Crippen LogP contribution < -0.4 is 0 Å². The molecule has 0 radical (unpaired) electrons. The first kappa shape index (κ1) is 63.3. The third-order valence-electron chi connectivity index (χ3n) is 11.5. The second-order valence-corrected chi connectivity index (χ2v) is 18.1. The Morgan fingerprint density at radius 3 is 0.910 bits per heavy atom. The molecule has 0 aliphatic heterocycles. The van der Waals surface area contributed by atoms with Crippen molar-refractivity contribution in [3.63, 3.8) is 0 Å². The molecule has 0 rings (SSSR count). The lowest BCUT2D eigenvalue weighted by molar-refractivity contribution is -0.167. The van der Waals surface area contributed by atoms with Crippen LogP contribution in [0.25, 0.3) is 0 Å². The molecule has 0 heterocycles. The van der Waals surface area contributed by atoms with Gasteiger partial charge in [0.2, 0.25) is 0 Å². The topological polar surface area (TPSA) is 78.9 Å². The Kier molecular flexibility index (Phi) is 51.9. The second kappa shape index (κ2) is 54.9. The van der Waals surface area contributed by atoms with Gasteiger partial charge in [0, 0.05) is 19.3 Å². The molecule has 0 amide bonds. The minimum absolute atomic E-state index is 0.0969. The van der Waals surface area contributed by atoms with E-state index in [9.17, 15) is 14.4 Å². The summed E-state index contributed by atoms with van der Waals surface area (Å²) in [5.74, 6) is -0.941. The van der Waals surface area contributed by atoms with Gasteiger partial charge < -0.3 is 14.2 Å². The zero-order valence-corrected chi connectivity index (χ0v) is 43.6. The molecule has 6 heteroatoms. The second-order valence-electron chi connectivity index (χ2n) is 18.1. The molecule has 0 saturated carbocycles. The molecule has 0 aliphatic carbocycles. The Morgan fingerprint density at radius 1 is 0.313 bits per heavy atom. The highest BCUT2D eigenvalue weighted by atomic mass is 16.6. The van der Waals surface area contributed by atoms with Crippen LogP contribution >= 0.6 is 0 Å². The summed E-state index contributed by atoms with van der Waals surface area (Å²) in [7, 11) is 0. The van der Waals surface area contributed by atoms with Crippen LogP contribution in [-0.2, 0) is 28.6 Å². The molecular formula is C61H102O6. The lowest BCUT2D eigenvalue weighted by Gasteiger charge is -2.18. The Balaban J connectivity index is 4.48. The normalized spacial score (nSPS) is 12.8. The fraction of sp³-hybridized carbons (Fsp3) is 0.689. The van der Waals surface area contributed by atoms with Gasteiger partial charge in [-0.25, -0.2) is 0 Å². The summed E-state index contributed by atoms with van der Waals surface area (Å²) in [5, 5.41) is 0. The van der Waals surface area contributed by atoms with Crippen molar-refractivity contribution in [3.8, 4) is 0 Å². The van der Waals surface area contributed by atoms with Crippen molar-refractivity contribution in [2.24, 2.45) is 0 Å². The number of carbonyl (C=O) groups excluding carboxylic acids is 3. The molecule has 1 atom stereocenters. The largest absolute Gasteiger partial charge is 0.462 e. The van der Waals surface area contributed by atoms with Crippen LogP contribution in [0.1, 0.15) is 252 Å². The van der Waals surface area contributed by atoms with E-state index in [0.29, 0.717) is 19.3 Å². The van der Waals surface area contributed by atoms with Gasteiger partial charge in [-0.3, -0.25) is 14.4 Å². The average Bonchev–Trinajstić information content (AvgIpc) is 3.33. The molecule has 0 aliphatic rings. The quantitative estimate of drug-likeness (QED) is 0.0262. The van der Waals surface area contributed by atoms with Gasteiger partial charge in [-0.15, -0.1) is 0 Å². The van der Waals surface area contributed by atoms with Gasteiger partial charge in [-0.05, 0) is 122 Å². The van der Waals surface area contributed by atoms with Crippen LogP contribution in [0.3, 0.4) is 0 Å². The number of hydrogen-bond acceptors (Lipinski definition) is 6. The molecule has 382 valence electrons. The molecule has 67 heavy (non-hydrogen) atoms. The van der Waals surface area contributed by atoms with E-state index in [4.69, 9.17) is 14.2 Å². The van der Waals surface area contributed by atoms with Crippen molar-refractivity contribution < 1.29 is 28.6 Å². The molecule has 0 spiro atoms. The first-order chi connectivity index (χ1) is 33.0. The first-order valence-electron chi connectivity index (χ1n) is 27.7. The fourth-order valence-corrected chi connectivity index (χ4v) is 7.37. The van der Waals surface area contributed by atoms with Crippen molar-refractivity contribution in [2.45, 2.75) is 258 Å². The lowest BCUT2D eigenvalue weighted by atomic mass is 10.1. The molecule has 0 fully saturated rings. The van der Waals surface area contributed by atoms with Crippen LogP contribution in [0.5, 0.6) is 0 Å². The van der Waals surface area contributed by atoms with Crippen LogP contribution in [0.4, 0.5) is 0 Å². The molecule has 0 N–H and O–H groups in total. The minimum Gasteiger partial charge on any atom is -0.462 e. The maximum Gasteiger partial charge on any atom is 0.306 e. The van der Waals surface area contributed by atoms with E-state index in [0.717, 1.165) is 135 Å². The van der Waals surface area contributed by atoms with Gasteiger partial charge in [-0.2, -0.15) is 0 Å². The molecule has 1 unspecified atom stereocenters. The summed E-state index contributed by atoms with van der Waals surface area (Å²) >= 11 is 0. The van der Waals surface area contributed by atoms with Crippen molar-refractivity contribution >= 4 is 17.9 Å². The van der Waals surface area contributed by atoms with Gasteiger partial charge in [0.25, 0.3) is 0 Å². The highest BCUT2D eigenvalue weighted by Gasteiger charge is 2.19. The Labute approximate surface area is 413 Å². The first-order valence-corrected chi connectivity index (χ1v) is 27.7. The van der Waals surface area contributed by atoms with Crippen molar-refractivity contribution in [1.82, 2.24) is 0 Å². The van der Waals surface area contributed by atoms with Gasteiger partial charge in [0.15, 0.2) is 6.10 Å². The number of esters is 3. The molecule has 0 aromatic rings. The molecule has 0 aromatic heterocycles. The Morgan fingerprint density at radius 2 is 0.582 bits per heavy atom. The molecule has 0 saturated heterocycles. The van der Waals surface area contributed by atoms with Crippen molar-refractivity contribution in [2.75, 3.05) is 13.2 Å². The van der Waals surface area contributed by atoms with Crippen molar-refractivity contribution in [3.05, 3.63) is 97.2 Å². The molecule has 0 aromatic carbocycles. The summed E-state index contributed by atoms with van der Waals surface area (Å²) < 4.78 is 16.8. The maximum atomic E-state index is 12.8. The van der Waals surface area contributed by atoms with Gasteiger partial charge in [-0.1, -0.05) is 208 Å². The molecule has 0 bridgehead atoms. The van der Waals surface area contributed by atoms with Gasteiger partial charge >= 0.3 is 17.9 Å². The summed E-state index contributed by atoms with van der Waals surface area (Å²) in [5.41, 5.74) is 0. The predicted octanol–water partition coefficient (Wildman–Crippen LogP) is 18.5. The van der Waals surface area contributed by atoms with E-state index in [2.05, 4.69) is 118 Å². The monoisotopic (exact) mass is 931 g/mol. The molecular weight excluding hydrogens is 829 g/mol. The van der Waals surface area contributed by atoms with Gasteiger partial charge in [0.05, 0.1) is 0 Å². The lowest BCUT2D eigenvalue weighted by Crippen LogP contribution is -2.30. The third kappa shape index (κ3) is 53.2. The SMILES string of the molecule is CC/C=C\C/C=C\C/C=C\C/C=C\CCCCCCC(=O)OCC(COC(=O)CCCCCCC/C=C\C/C=C\CCCCC)OC(=O)CCCCCCCCC/C=C\C/C=C\CCCCC. The Hall–Kier alpha value is -3.67. The molecule has 6 nitrogen and oxygen atoms in total. The number of allylic oxidation sites excluding steroid dienone is 16. The number of unbranched alkanes of at least 4 members (excludes halogenated alkanes) is 22. The van der Waals surface area contributed by atoms with Crippen LogP contribution in [0, 0.1) is 0 Å². The number of carbonyl (C=O) groups is 3. The fourth-order valence-electron chi connectivity index (χ4n) is 7.37. The van der Waals surface area contributed by atoms with E-state index in [1.165, 1.54) is 77.0 Å². The summed E-state index contributed by atoms with van der Waals surface area (Å²) in [6.07, 6.45) is 72.4. The zero-order chi connectivity index (χ0) is 48.6. The maximum absolute atomic E-state index is 12.8. The predicted molar refractivity (Wildman–Crippen MR) is 288 cm³/mol.